The van der Waals surface area contributed by atoms with E-state index in [0.29, 0.717) is 6.54 Å². The fraction of sp³-hybridized carbons (Fsp3) is 0.562. The maximum absolute atomic E-state index is 11.7. The Labute approximate surface area is 120 Å². The summed E-state index contributed by atoms with van der Waals surface area (Å²) in [5.41, 5.74) is 1.12. The summed E-state index contributed by atoms with van der Waals surface area (Å²) >= 11 is 0. The molecule has 1 saturated carbocycles. The van der Waals surface area contributed by atoms with Crippen molar-refractivity contribution < 1.29 is 14.6 Å². The van der Waals surface area contributed by atoms with Gasteiger partial charge >= 0.3 is 5.97 Å². The van der Waals surface area contributed by atoms with Crippen LogP contribution in [0.15, 0.2) is 18.2 Å². The molecule has 0 saturated heterocycles. The smallest absolute Gasteiger partial charge is 0.327 e. The highest BCUT2D eigenvalue weighted by Crippen LogP contribution is 2.40. The highest BCUT2D eigenvalue weighted by atomic mass is 16.5. The van der Waals surface area contributed by atoms with Gasteiger partial charge in [-0.05, 0) is 50.3 Å². The summed E-state index contributed by atoms with van der Waals surface area (Å²) in [5, 5.41) is 12.8. The predicted molar refractivity (Wildman–Crippen MR) is 78.2 cm³/mol. The monoisotopic (exact) mass is 277 g/mol. The van der Waals surface area contributed by atoms with Crippen LogP contribution in [0.3, 0.4) is 0 Å². The molecule has 0 aromatic heterocycles. The average molecular weight is 277 g/mol. The van der Waals surface area contributed by atoms with Gasteiger partial charge in [0.15, 0.2) is 5.54 Å². The quantitative estimate of drug-likeness (QED) is 0.804. The number of benzene rings is 1. The Morgan fingerprint density at radius 2 is 2.00 bits per heavy atom. The second kappa shape index (κ2) is 5.83. The Morgan fingerprint density at radius 1 is 1.40 bits per heavy atom. The van der Waals surface area contributed by atoms with Crippen LogP contribution in [0.5, 0.6) is 5.75 Å². The standard InChI is InChI=1S/C16H23NO3/c1-4-17-16(15(18)19,13-8-9-13)10-20-14-11(2)6-5-7-12(14)3/h5-7,13,17H,4,8-10H2,1-3H3,(H,18,19). The molecule has 1 atom stereocenters. The first-order chi connectivity index (χ1) is 9.51. The number of likely N-dealkylation sites (N-methyl/N-ethyl adjacent to an activating group) is 1. The number of aliphatic carboxylic acids is 1. The van der Waals surface area contributed by atoms with Crippen molar-refractivity contribution in [1.29, 1.82) is 0 Å². The lowest BCUT2D eigenvalue weighted by Crippen LogP contribution is -2.58. The van der Waals surface area contributed by atoms with Gasteiger partial charge in [-0.2, -0.15) is 0 Å². The molecule has 0 spiro atoms. The van der Waals surface area contributed by atoms with Crippen molar-refractivity contribution in [1.82, 2.24) is 5.32 Å². The molecule has 1 unspecified atom stereocenters. The molecule has 0 radical (unpaired) electrons. The van der Waals surface area contributed by atoms with Crippen molar-refractivity contribution in [2.75, 3.05) is 13.2 Å². The van der Waals surface area contributed by atoms with E-state index in [1.807, 2.05) is 39.0 Å². The van der Waals surface area contributed by atoms with Crippen molar-refractivity contribution in [2.45, 2.75) is 39.2 Å². The molecule has 20 heavy (non-hydrogen) atoms. The number of hydrogen-bond donors (Lipinski definition) is 2. The number of rotatable bonds is 7. The molecule has 2 rings (SSSR count). The molecule has 1 aromatic carbocycles. The second-order valence-corrected chi connectivity index (χ2v) is 5.59. The zero-order valence-electron chi connectivity index (χ0n) is 12.4. The van der Waals surface area contributed by atoms with E-state index in [1.54, 1.807) is 0 Å². The zero-order chi connectivity index (χ0) is 14.8. The van der Waals surface area contributed by atoms with E-state index in [2.05, 4.69) is 5.32 Å². The number of carboxylic acid groups (broad SMARTS) is 1. The summed E-state index contributed by atoms with van der Waals surface area (Å²) in [7, 11) is 0. The first kappa shape index (κ1) is 14.9. The van der Waals surface area contributed by atoms with Crippen LogP contribution in [0.4, 0.5) is 0 Å². The molecule has 110 valence electrons. The lowest BCUT2D eigenvalue weighted by molar-refractivity contribution is -0.147. The average Bonchev–Trinajstić information content (AvgIpc) is 3.21. The highest BCUT2D eigenvalue weighted by molar-refractivity contribution is 5.80. The Hall–Kier alpha value is -1.55. The SMILES string of the molecule is CCNC(COc1c(C)cccc1C)(C(=O)O)C1CC1. The third-order valence-corrected chi connectivity index (χ3v) is 4.00. The van der Waals surface area contributed by atoms with Gasteiger partial charge in [-0.15, -0.1) is 0 Å². The van der Waals surface area contributed by atoms with Crippen molar-refractivity contribution >= 4 is 5.97 Å². The van der Waals surface area contributed by atoms with Crippen molar-refractivity contribution in [2.24, 2.45) is 5.92 Å². The van der Waals surface area contributed by atoms with Gasteiger partial charge in [-0.3, -0.25) is 10.1 Å². The van der Waals surface area contributed by atoms with E-state index in [0.717, 1.165) is 29.7 Å². The minimum atomic E-state index is -0.955. The molecule has 0 bridgehead atoms. The summed E-state index contributed by atoms with van der Waals surface area (Å²) in [5.74, 6) is 0.161. The fourth-order valence-corrected chi connectivity index (χ4v) is 2.73. The normalized spacial score (nSPS) is 17.6. The number of hydrogen-bond acceptors (Lipinski definition) is 3. The molecule has 0 amide bonds. The number of carbonyl (C=O) groups is 1. The van der Waals surface area contributed by atoms with Gasteiger partial charge in [0, 0.05) is 0 Å². The van der Waals surface area contributed by atoms with Gasteiger partial charge in [-0.25, -0.2) is 0 Å². The molecule has 2 N–H and O–H groups in total. The predicted octanol–water partition coefficient (Wildman–Crippen LogP) is 2.53. The number of para-hydroxylation sites is 1. The molecular formula is C16H23NO3. The molecule has 0 heterocycles. The Kier molecular flexibility index (Phi) is 4.33. The van der Waals surface area contributed by atoms with Crippen molar-refractivity contribution in [3.8, 4) is 5.75 Å². The van der Waals surface area contributed by atoms with Crippen LogP contribution >= 0.6 is 0 Å². The topological polar surface area (TPSA) is 58.6 Å². The van der Waals surface area contributed by atoms with Crippen LogP contribution in [0.25, 0.3) is 0 Å². The van der Waals surface area contributed by atoms with E-state index >= 15 is 0 Å². The number of carboxylic acids is 1. The molecule has 1 aliphatic rings. The third-order valence-electron chi connectivity index (χ3n) is 4.00. The first-order valence-electron chi connectivity index (χ1n) is 7.18. The van der Waals surface area contributed by atoms with E-state index in [9.17, 15) is 9.90 Å². The molecule has 0 aliphatic heterocycles. The largest absolute Gasteiger partial charge is 0.490 e. The summed E-state index contributed by atoms with van der Waals surface area (Å²) in [6.45, 7) is 6.69. The lowest BCUT2D eigenvalue weighted by Gasteiger charge is -2.30. The minimum Gasteiger partial charge on any atom is -0.490 e. The van der Waals surface area contributed by atoms with Crippen LogP contribution < -0.4 is 10.1 Å². The molecule has 4 nitrogen and oxygen atoms in total. The summed E-state index contributed by atoms with van der Waals surface area (Å²) < 4.78 is 5.90. The maximum atomic E-state index is 11.7. The number of aryl methyl sites for hydroxylation is 2. The van der Waals surface area contributed by atoms with Gasteiger partial charge < -0.3 is 9.84 Å². The highest BCUT2D eigenvalue weighted by Gasteiger charge is 2.51. The Balaban J connectivity index is 2.18. The van der Waals surface area contributed by atoms with E-state index in [4.69, 9.17) is 4.74 Å². The molecular weight excluding hydrogens is 254 g/mol. The summed E-state index contributed by atoms with van der Waals surface area (Å²) in [6, 6.07) is 5.94. The van der Waals surface area contributed by atoms with Gasteiger partial charge in [0.1, 0.15) is 12.4 Å². The summed E-state index contributed by atoms with van der Waals surface area (Å²) in [4.78, 5) is 11.7. The minimum absolute atomic E-state index is 0.171. The van der Waals surface area contributed by atoms with Crippen LogP contribution in [0.2, 0.25) is 0 Å². The van der Waals surface area contributed by atoms with E-state index < -0.39 is 11.5 Å². The van der Waals surface area contributed by atoms with Gasteiger partial charge in [0.05, 0.1) is 0 Å². The van der Waals surface area contributed by atoms with Crippen LogP contribution in [-0.2, 0) is 4.79 Å². The van der Waals surface area contributed by atoms with Gasteiger partial charge in [0.2, 0.25) is 0 Å². The summed E-state index contributed by atoms with van der Waals surface area (Å²) in [6.07, 6.45) is 1.91. The van der Waals surface area contributed by atoms with Crippen molar-refractivity contribution in [3.05, 3.63) is 29.3 Å². The fourth-order valence-electron chi connectivity index (χ4n) is 2.73. The molecule has 4 heteroatoms. The zero-order valence-corrected chi connectivity index (χ0v) is 12.4. The first-order valence-corrected chi connectivity index (χ1v) is 7.18. The Morgan fingerprint density at radius 3 is 2.45 bits per heavy atom. The maximum Gasteiger partial charge on any atom is 0.327 e. The van der Waals surface area contributed by atoms with E-state index in [1.165, 1.54) is 0 Å². The van der Waals surface area contributed by atoms with Crippen molar-refractivity contribution in [3.63, 3.8) is 0 Å². The van der Waals surface area contributed by atoms with Gasteiger partial charge in [0.25, 0.3) is 0 Å². The van der Waals surface area contributed by atoms with Crippen LogP contribution in [0.1, 0.15) is 30.9 Å². The Bertz CT molecular complexity index is 476. The molecule has 1 fully saturated rings. The number of ether oxygens (including phenoxy) is 1. The van der Waals surface area contributed by atoms with Crippen LogP contribution in [0, 0.1) is 19.8 Å². The molecule has 1 aromatic rings. The number of nitrogens with one attached hydrogen (secondary N) is 1. The van der Waals surface area contributed by atoms with Crippen LogP contribution in [-0.4, -0.2) is 29.8 Å². The molecule has 1 aliphatic carbocycles. The third kappa shape index (κ3) is 2.80. The lowest BCUT2D eigenvalue weighted by atomic mass is 9.94. The van der Waals surface area contributed by atoms with E-state index in [-0.39, 0.29) is 12.5 Å². The van der Waals surface area contributed by atoms with Gasteiger partial charge in [-0.1, -0.05) is 25.1 Å². The second-order valence-electron chi connectivity index (χ2n) is 5.59.